The van der Waals surface area contributed by atoms with E-state index >= 15 is 0 Å². The van der Waals surface area contributed by atoms with Gasteiger partial charge in [-0.05, 0) is 29.8 Å². The molecule has 0 saturated heterocycles. The van der Waals surface area contributed by atoms with Gasteiger partial charge in [0.05, 0.1) is 19.1 Å². The number of halogens is 1. The third-order valence-corrected chi connectivity index (χ3v) is 3.74. The fraction of sp³-hybridized carbons (Fsp3) is 0.375. The van der Waals surface area contributed by atoms with Gasteiger partial charge in [-0.15, -0.1) is 0 Å². The van der Waals surface area contributed by atoms with E-state index in [4.69, 9.17) is 9.15 Å². The Balaban J connectivity index is 2.06. The van der Waals surface area contributed by atoms with Crippen LogP contribution in [0.2, 0.25) is 0 Å². The van der Waals surface area contributed by atoms with Gasteiger partial charge in [0.25, 0.3) is 0 Å². The smallest absolute Gasteiger partial charge is 0.0952 e. The van der Waals surface area contributed by atoms with Crippen molar-refractivity contribution in [2.75, 3.05) is 32.2 Å². The van der Waals surface area contributed by atoms with Crippen LogP contribution in [-0.2, 0) is 17.8 Å². The highest BCUT2D eigenvalue weighted by Gasteiger charge is 2.09. The molecule has 114 valence electrons. The number of hydrogen-bond acceptors (Lipinski definition) is 4. The molecule has 0 radical (unpaired) electrons. The van der Waals surface area contributed by atoms with E-state index < -0.39 is 0 Å². The maximum Gasteiger partial charge on any atom is 0.0952 e. The van der Waals surface area contributed by atoms with Gasteiger partial charge in [-0.3, -0.25) is 0 Å². The molecule has 0 bridgehead atoms. The Kier molecular flexibility index (Phi) is 6.29. The average Bonchev–Trinajstić information content (AvgIpc) is 2.96. The van der Waals surface area contributed by atoms with E-state index in [0.29, 0.717) is 6.61 Å². The van der Waals surface area contributed by atoms with Crippen LogP contribution in [-0.4, -0.2) is 27.3 Å². The number of benzene rings is 1. The van der Waals surface area contributed by atoms with E-state index in [1.165, 1.54) is 16.8 Å². The van der Waals surface area contributed by atoms with Crippen molar-refractivity contribution in [2.45, 2.75) is 13.1 Å². The molecule has 0 spiro atoms. The molecule has 0 saturated carbocycles. The van der Waals surface area contributed by atoms with E-state index in [2.05, 4.69) is 51.4 Å². The van der Waals surface area contributed by atoms with E-state index in [1.54, 1.807) is 19.6 Å². The first-order valence-corrected chi connectivity index (χ1v) is 7.70. The van der Waals surface area contributed by atoms with E-state index in [1.807, 2.05) is 6.07 Å². The van der Waals surface area contributed by atoms with Gasteiger partial charge in [-0.2, -0.15) is 0 Å². The third kappa shape index (κ3) is 4.88. The lowest BCUT2D eigenvalue weighted by atomic mass is 10.1. The number of furan rings is 1. The number of methoxy groups -OCH3 is 1. The van der Waals surface area contributed by atoms with Crippen molar-refractivity contribution >= 4 is 21.6 Å². The van der Waals surface area contributed by atoms with Crippen molar-refractivity contribution in [1.82, 2.24) is 5.32 Å². The molecule has 2 aromatic rings. The fourth-order valence-corrected chi connectivity index (χ4v) is 2.62. The first-order chi connectivity index (χ1) is 10.2. The molecule has 1 aromatic carbocycles. The van der Waals surface area contributed by atoms with Crippen molar-refractivity contribution in [3.05, 3.63) is 52.4 Å². The Morgan fingerprint density at radius 2 is 2.19 bits per heavy atom. The van der Waals surface area contributed by atoms with E-state index in [9.17, 15) is 0 Å². The molecule has 0 unspecified atom stereocenters. The van der Waals surface area contributed by atoms with Gasteiger partial charge in [0.15, 0.2) is 0 Å². The zero-order valence-electron chi connectivity index (χ0n) is 12.4. The molecule has 1 aromatic heterocycles. The number of anilines is 1. The standard InChI is InChI=1S/C16H21BrN2O2/c1-19(11-13-5-7-21-12-13)16-4-3-15(17)9-14(16)10-18-6-8-20-2/h3-5,7,9,12,18H,6,8,10-11H2,1-2H3. The number of nitrogens with one attached hydrogen (secondary N) is 1. The molecule has 1 heterocycles. The molecule has 5 heteroatoms. The summed E-state index contributed by atoms with van der Waals surface area (Å²) in [6.45, 7) is 3.19. The summed E-state index contributed by atoms with van der Waals surface area (Å²) in [6, 6.07) is 8.35. The first-order valence-electron chi connectivity index (χ1n) is 6.91. The normalized spacial score (nSPS) is 10.8. The maximum absolute atomic E-state index is 5.13. The highest BCUT2D eigenvalue weighted by molar-refractivity contribution is 9.10. The van der Waals surface area contributed by atoms with Crippen LogP contribution < -0.4 is 10.2 Å². The fourth-order valence-electron chi connectivity index (χ4n) is 2.21. The first kappa shape index (κ1) is 16.1. The van der Waals surface area contributed by atoms with Gasteiger partial charge in [0, 0.05) is 49.5 Å². The molecule has 0 atom stereocenters. The topological polar surface area (TPSA) is 37.6 Å². The summed E-state index contributed by atoms with van der Waals surface area (Å²) in [5.74, 6) is 0. The molecular weight excluding hydrogens is 332 g/mol. The third-order valence-electron chi connectivity index (χ3n) is 3.25. The van der Waals surface area contributed by atoms with Crippen LogP contribution in [0, 0.1) is 0 Å². The van der Waals surface area contributed by atoms with Crippen molar-refractivity contribution < 1.29 is 9.15 Å². The van der Waals surface area contributed by atoms with Crippen LogP contribution in [0.15, 0.2) is 45.7 Å². The maximum atomic E-state index is 5.13. The van der Waals surface area contributed by atoms with Crippen molar-refractivity contribution in [1.29, 1.82) is 0 Å². The highest BCUT2D eigenvalue weighted by atomic mass is 79.9. The van der Waals surface area contributed by atoms with Gasteiger partial charge in [-0.1, -0.05) is 15.9 Å². The van der Waals surface area contributed by atoms with E-state index in [-0.39, 0.29) is 0 Å². The molecule has 1 N–H and O–H groups in total. The Labute approximate surface area is 134 Å². The number of hydrogen-bond donors (Lipinski definition) is 1. The zero-order valence-corrected chi connectivity index (χ0v) is 14.0. The quantitative estimate of drug-likeness (QED) is 0.738. The summed E-state index contributed by atoms with van der Waals surface area (Å²) in [5.41, 5.74) is 3.63. The van der Waals surface area contributed by atoms with Crippen LogP contribution in [0.1, 0.15) is 11.1 Å². The summed E-state index contributed by atoms with van der Waals surface area (Å²) in [7, 11) is 3.81. The lowest BCUT2D eigenvalue weighted by Gasteiger charge is -2.22. The van der Waals surface area contributed by atoms with Crippen LogP contribution in [0.4, 0.5) is 5.69 Å². The molecule has 0 amide bonds. The van der Waals surface area contributed by atoms with Gasteiger partial charge in [0.2, 0.25) is 0 Å². The highest BCUT2D eigenvalue weighted by Crippen LogP contribution is 2.25. The molecular formula is C16H21BrN2O2. The number of ether oxygens (including phenoxy) is 1. The summed E-state index contributed by atoms with van der Waals surface area (Å²) >= 11 is 3.54. The Morgan fingerprint density at radius 3 is 2.90 bits per heavy atom. The van der Waals surface area contributed by atoms with Crippen LogP contribution >= 0.6 is 15.9 Å². The minimum atomic E-state index is 0.716. The van der Waals surface area contributed by atoms with Crippen molar-refractivity contribution in [3.63, 3.8) is 0 Å². The Morgan fingerprint density at radius 1 is 1.33 bits per heavy atom. The van der Waals surface area contributed by atoms with Gasteiger partial charge in [-0.25, -0.2) is 0 Å². The summed E-state index contributed by atoms with van der Waals surface area (Å²) < 4.78 is 11.3. The average molecular weight is 353 g/mol. The Hall–Kier alpha value is -1.30. The molecule has 0 aliphatic heterocycles. The largest absolute Gasteiger partial charge is 0.472 e. The number of rotatable bonds is 8. The SMILES string of the molecule is COCCNCc1cc(Br)ccc1N(C)Cc1ccoc1. The van der Waals surface area contributed by atoms with Crippen LogP contribution in [0.25, 0.3) is 0 Å². The number of nitrogens with zero attached hydrogens (tertiary/aromatic N) is 1. The van der Waals surface area contributed by atoms with Gasteiger partial charge in [0.1, 0.15) is 0 Å². The molecule has 21 heavy (non-hydrogen) atoms. The molecule has 0 fully saturated rings. The second kappa shape index (κ2) is 8.22. The van der Waals surface area contributed by atoms with Gasteiger partial charge < -0.3 is 19.4 Å². The minimum Gasteiger partial charge on any atom is -0.472 e. The van der Waals surface area contributed by atoms with E-state index in [0.717, 1.165) is 24.1 Å². The monoisotopic (exact) mass is 352 g/mol. The van der Waals surface area contributed by atoms with Gasteiger partial charge >= 0.3 is 0 Å². The van der Waals surface area contributed by atoms with Crippen molar-refractivity contribution in [3.8, 4) is 0 Å². The Bertz CT molecular complexity index is 543. The zero-order chi connectivity index (χ0) is 15.1. The summed E-state index contributed by atoms with van der Waals surface area (Å²) in [5, 5.41) is 3.39. The van der Waals surface area contributed by atoms with Crippen LogP contribution in [0.3, 0.4) is 0 Å². The molecule has 4 nitrogen and oxygen atoms in total. The second-order valence-corrected chi connectivity index (χ2v) is 5.85. The second-order valence-electron chi connectivity index (χ2n) is 4.93. The molecule has 2 rings (SSSR count). The lowest BCUT2D eigenvalue weighted by Crippen LogP contribution is -2.22. The summed E-state index contributed by atoms with van der Waals surface area (Å²) in [4.78, 5) is 2.23. The molecule has 0 aliphatic carbocycles. The predicted molar refractivity (Wildman–Crippen MR) is 88.5 cm³/mol. The predicted octanol–water partition coefficient (Wildman–Crippen LogP) is 3.41. The summed E-state index contributed by atoms with van der Waals surface area (Å²) in [6.07, 6.45) is 3.49. The van der Waals surface area contributed by atoms with Crippen LogP contribution in [0.5, 0.6) is 0 Å². The van der Waals surface area contributed by atoms with Crippen molar-refractivity contribution in [2.24, 2.45) is 0 Å². The lowest BCUT2D eigenvalue weighted by molar-refractivity contribution is 0.199. The molecule has 0 aliphatic rings. The minimum absolute atomic E-state index is 0.716.